The van der Waals surface area contributed by atoms with E-state index in [1.165, 1.54) is 30.1 Å². The molecule has 0 radical (unpaired) electrons. The summed E-state index contributed by atoms with van der Waals surface area (Å²) >= 11 is 6.07. The van der Waals surface area contributed by atoms with Crippen LogP contribution in [0.4, 0.5) is 5.69 Å². The third kappa shape index (κ3) is 3.94. The predicted octanol–water partition coefficient (Wildman–Crippen LogP) is 1.37. The Morgan fingerprint density at radius 3 is 2.52 bits per heavy atom. The molecule has 2 rings (SSSR count). The first kappa shape index (κ1) is 19.6. The molecule has 1 fully saturated rings. The molecule has 0 atom stereocenters. The average molecular weight is 390 g/mol. The Morgan fingerprint density at radius 2 is 2.00 bits per heavy atom. The van der Waals surface area contributed by atoms with Crippen molar-refractivity contribution in [3.8, 4) is 0 Å². The van der Waals surface area contributed by atoms with Crippen molar-refractivity contribution in [1.29, 1.82) is 0 Å². The molecule has 10 heteroatoms. The summed E-state index contributed by atoms with van der Waals surface area (Å²) in [4.78, 5) is 24.6. The van der Waals surface area contributed by atoms with Gasteiger partial charge in [0.05, 0.1) is 4.92 Å². The molecule has 1 heterocycles. The van der Waals surface area contributed by atoms with Gasteiger partial charge in [0.15, 0.2) is 14.6 Å². The van der Waals surface area contributed by atoms with Gasteiger partial charge >= 0.3 is 0 Å². The predicted molar refractivity (Wildman–Crippen MR) is 94.3 cm³/mol. The number of halogens is 1. The van der Waals surface area contributed by atoms with Crippen molar-refractivity contribution in [2.45, 2.75) is 24.1 Å². The van der Waals surface area contributed by atoms with Crippen LogP contribution in [0.2, 0.25) is 5.02 Å². The van der Waals surface area contributed by atoms with Crippen LogP contribution in [0.15, 0.2) is 18.2 Å². The van der Waals surface area contributed by atoms with Crippen molar-refractivity contribution >= 4 is 33.0 Å². The van der Waals surface area contributed by atoms with Crippen molar-refractivity contribution in [2.75, 3.05) is 26.4 Å². The highest BCUT2D eigenvalue weighted by Gasteiger charge is 2.49. The molecule has 1 aromatic rings. The van der Waals surface area contributed by atoms with E-state index in [-0.39, 0.29) is 30.1 Å². The highest BCUT2D eigenvalue weighted by molar-refractivity contribution is 7.92. The van der Waals surface area contributed by atoms with E-state index >= 15 is 0 Å². The Kier molecular flexibility index (Phi) is 5.70. The van der Waals surface area contributed by atoms with Gasteiger partial charge in [-0.3, -0.25) is 14.9 Å². The zero-order valence-corrected chi connectivity index (χ0v) is 15.6. The molecule has 1 aliphatic heterocycles. The number of nitrogens with one attached hydrogen (secondary N) is 1. The van der Waals surface area contributed by atoms with Crippen LogP contribution >= 0.6 is 11.6 Å². The summed E-state index contributed by atoms with van der Waals surface area (Å²) in [6, 6.07) is 3.96. The van der Waals surface area contributed by atoms with Crippen LogP contribution in [0.1, 0.15) is 18.4 Å². The number of sulfone groups is 1. The van der Waals surface area contributed by atoms with Crippen LogP contribution in [-0.2, 0) is 21.2 Å². The fourth-order valence-electron chi connectivity index (χ4n) is 3.04. The maximum Gasteiger partial charge on any atom is 0.269 e. The van der Waals surface area contributed by atoms with E-state index in [4.69, 9.17) is 11.6 Å². The number of piperidine rings is 1. The summed E-state index contributed by atoms with van der Waals surface area (Å²) in [5.41, 5.74) is 0.254. The van der Waals surface area contributed by atoms with Gasteiger partial charge in [0, 0.05) is 37.0 Å². The van der Waals surface area contributed by atoms with Crippen LogP contribution in [0.5, 0.6) is 0 Å². The second kappa shape index (κ2) is 7.27. The number of nitrogens with zero attached hydrogens (tertiary/aromatic N) is 2. The van der Waals surface area contributed by atoms with Crippen LogP contribution < -0.4 is 5.32 Å². The third-order valence-corrected chi connectivity index (χ3v) is 6.88. The van der Waals surface area contributed by atoms with E-state index in [1.54, 1.807) is 0 Å². The Balaban J connectivity index is 2.30. The van der Waals surface area contributed by atoms with E-state index in [0.717, 1.165) is 6.26 Å². The van der Waals surface area contributed by atoms with Gasteiger partial charge < -0.3 is 10.2 Å². The second-order valence-corrected chi connectivity index (χ2v) is 8.94. The molecule has 0 unspecified atom stereocenters. The molecule has 1 aromatic carbocycles. The molecule has 0 bridgehead atoms. The number of non-ortho nitro benzene ring substituents is 1. The molecule has 8 nitrogen and oxygen atoms in total. The molecule has 0 aliphatic carbocycles. The monoisotopic (exact) mass is 389 g/mol. The lowest BCUT2D eigenvalue weighted by Crippen LogP contribution is -2.57. The summed E-state index contributed by atoms with van der Waals surface area (Å²) in [6.07, 6.45) is 1.46. The zero-order chi connectivity index (χ0) is 18.8. The maximum absolute atomic E-state index is 12.9. The number of hydrogen-bond donors (Lipinski definition) is 1. The van der Waals surface area contributed by atoms with Gasteiger partial charge in [-0.2, -0.15) is 0 Å². The number of nitro benzene ring substituents is 1. The Morgan fingerprint density at radius 1 is 1.40 bits per heavy atom. The van der Waals surface area contributed by atoms with Crippen LogP contribution in [-0.4, -0.2) is 55.3 Å². The van der Waals surface area contributed by atoms with Gasteiger partial charge in [0.1, 0.15) is 0 Å². The topological polar surface area (TPSA) is 110 Å². The number of nitro groups is 1. The third-order valence-electron chi connectivity index (χ3n) is 4.51. The summed E-state index contributed by atoms with van der Waals surface area (Å²) in [5.74, 6) is -0.515. The van der Waals surface area contributed by atoms with Crippen molar-refractivity contribution in [2.24, 2.45) is 0 Å². The maximum atomic E-state index is 12.9. The fourth-order valence-corrected chi connectivity index (χ4v) is 4.64. The molecule has 25 heavy (non-hydrogen) atoms. The smallest absolute Gasteiger partial charge is 0.269 e. The number of carbonyl (C=O) groups is 1. The Hall–Kier alpha value is -1.71. The van der Waals surface area contributed by atoms with Gasteiger partial charge in [-0.05, 0) is 37.6 Å². The summed E-state index contributed by atoms with van der Waals surface area (Å²) in [5, 5.41) is 14.2. The molecule has 0 aromatic heterocycles. The van der Waals surface area contributed by atoms with Crippen molar-refractivity contribution in [1.82, 2.24) is 10.2 Å². The van der Waals surface area contributed by atoms with Crippen LogP contribution in [0.3, 0.4) is 0 Å². The molecular formula is C15H20ClN3O5S. The molecular weight excluding hydrogens is 370 g/mol. The normalized spacial score (nSPS) is 17.1. The van der Waals surface area contributed by atoms with Gasteiger partial charge in [-0.15, -0.1) is 0 Å². The first-order chi connectivity index (χ1) is 11.6. The summed E-state index contributed by atoms with van der Waals surface area (Å²) < 4.78 is 23.2. The zero-order valence-electron chi connectivity index (χ0n) is 14.0. The molecule has 1 saturated heterocycles. The minimum Gasteiger partial charge on any atom is -0.340 e. The van der Waals surface area contributed by atoms with E-state index in [9.17, 15) is 23.3 Å². The minimum absolute atomic E-state index is 0.00988. The van der Waals surface area contributed by atoms with Gasteiger partial charge in [-0.1, -0.05) is 11.6 Å². The Bertz CT molecular complexity index is 790. The average Bonchev–Trinajstić information content (AvgIpc) is 2.55. The minimum atomic E-state index is -3.63. The largest absolute Gasteiger partial charge is 0.340 e. The molecule has 138 valence electrons. The Labute approximate surface area is 151 Å². The van der Waals surface area contributed by atoms with E-state index in [2.05, 4.69) is 5.32 Å². The standard InChI is InChI=1S/C15H20ClN3O5S/c1-18(10-11-9-12(19(21)22)3-4-13(11)16)14(20)15(25(2,23)24)5-7-17-8-6-15/h3-4,9,17H,5-8,10H2,1-2H3. The summed E-state index contributed by atoms with van der Waals surface area (Å²) in [7, 11) is -2.15. The van der Waals surface area contributed by atoms with E-state index in [1.807, 2.05) is 0 Å². The number of rotatable bonds is 5. The fraction of sp³-hybridized carbons (Fsp3) is 0.533. The van der Waals surface area contributed by atoms with Crippen molar-refractivity contribution in [3.05, 3.63) is 38.9 Å². The number of hydrogen-bond acceptors (Lipinski definition) is 6. The molecule has 1 aliphatic rings. The first-order valence-electron chi connectivity index (χ1n) is 7.67. The lowest BCUT2D eigenvalue weighted by Gasteiger charge is -2.37. The molecule has 0 spiro atoms. The lowest BCUT2D eigenvalue weighted by atomic mass is 9.95. The van der Waals surface area contributed by atoms with Gasteiger partial charge in [-0.25, -0.2) is 8.42 Å². The van der Waals surface area contributed by atoms with E-state index in [0.29, 0.717) is 18.7 Å². The quantitative estimate of drug-likeness (QED) is 0.601. The van der Waals surface area contributed by atoms with Crippen LogP contribution in [0, 0.1) is 10.1 Å². The van der Waals surface area contributed by atoms with Crippen molar-refractivity contribution < 1.29 is 18.1 Å². The van der Waals surface area contributed by atoms with Crippen LogP contribution in [0.25, 0.3) is 0 Å². The second-order valence-electron chi connectivity index (χ2n) is 6.21. The first-order valence-corrected chi connectivity index (χ1v) is 9.94. The SMILES string of the molecule is CN(Cc1cc([N+](=O)[O-])ccc1Cl)C(=O)C1(S(C)(=O)=O)CCNCC1. The van der Waals surface area contributed by atoms with Crippen molar-refractivity contribution in [3.63, 3.8) is 0 Å². The number of amides is 1. The van der Waals surface area contributed by atoms with Gasteiger partial charge in [0.25, 0.3) is 5.69 Å². The molecule has 1 N–H and O–H groups in total. The summed E-state index contributed by atoms with van der Waals surface area (Å²) in [6.45, 7) is 0.860. The molecule has 0 saturated carbocycles. The van der Waals surface area contributed by atoms with Gasteiger partial charge in [0.2, 0.25) is 5.91 Å². The number of carbonyl (C=O) groups excluding carboxylic acids is 1. The molecule has 1 amide bonds. The number of benzene rings is 1. The highest BCUT2D eigenvalue weighted by Crippen LogP contribution is 2.31. The lowest BCUT2D eigenvalue weighted by molar-refractivity contribution is -0.384. The highest BCUT2D eigenvalue weighted by atomic mass is 35.5. The van der Waals surface area contributed by atoms with E-state index < -0.39 is 25.4 Å².